The zero-order chi connectivity index (χ0) is 28.1. The first-order valence-electron chi connectivity index (χ1n) is 12.8. The topological polar surface area (TPSA) is 72.0 Å². The van der Waals surface area contributed by atoms with Gasteiger partial charge in [-0.25, -0.2) is 15.0 Å². The van der Waals surface area contributed by atoms with Gasteiger partial charge in [0, 0.05) is 17.7 Å². The van der Waals surface area contributed by atoms with Gasteiger partial charge in [0.05, 0.1) is 23.0 Å². The van der Waals surface area contributed by atoms with E-state index in [0.717, 1.165) is 33.0 Å². The fourth-order valence-corrected chi connectivity index (χ4v) is 3.74. The highest BCUT2D eigenvalue weighted by molar-refractivity contribution is 7.09. The van der Waals surface area contributed by atoms with Gasteiger partial charge in [-0.05, 0) is 63.7 Å². The Morgan fingerprint density at radius 3 is 1.48 bits per heavy atom. The van der Waals surface area contributed by atoms with Gasteiger partial charge in [-0.1, -0.05) is 80.5 Å². The molecular weight excluding hydrogens is 535 g/mol. The lowest BCUT2D eigenvalue weighted by Gasteiger charge is -2.02. The number of rotatable bonds is 7. The van der Waals surface area contributed by atoms with Crippen LogP contribution in [0, 0.1) is 31.6 Å². The Bertz CT molecular complexity index is 1100. The van der Waals surface area contributed by atoms with Crippen LogP contribution in [0.3, 0.4) is 0 Å². The van der Waals surface area contributed by atoms with Gasteiger partial charge in [0.25, 0.3) is 0 Å². The van der Waals surface area contributed by atoms with Gasteiger partial charge in [0.15, 0.2) is 5.89 Å². The molecular formula is C33H57N3O2S2. The van der Waals surface area contributed by atoms with Crippen molar-refractivity contribution in [3.05, 3.63) is 66.7 Å². The molecule has 0 aliphatic carbocycles. The van der Waals surface area contributed by atoms with Crippen molar-refractivity contribution in [2.75, 3.05) is 0 Å². The Morgan fingerprint density at radius 2 is 1.15 bits per heavy atom. The van der Waals surface area contributed by atoms with Crippen LogP contribution in [0.15, 0.2) is 38.2 Å². The van der Waals surface area contributed by atoms with E-state index in [2.05, 4.69) is 101 Å². The highest BCUT2D eigenvalue weighted by atomic mass is 32.1. The van der Waals surface area contributed by atoms with E-state index in [1.54, 1.807) is 17.6 Å². The number of nitrogens with zero attached hydrogens (tertiary/aromatic N) is 3. The number of thiazole rings is 2. The Kier molecular flexibility index (Phi) is 22.5. The van der Waals surface area contributed by atoms with E-state index in [9.17, 15) is 0 Å². The molecule has 3 aromatic heterocycles. The van der Waals surface area contributed by atoms with Crippen molar-refractivity contribution in [2.45, 2.75) is 105 Å². The van der Waals surface area contributed by atoms with Crippen LogP contribution >= 0.6 is 22.7 Å². The molecule has 3 rings (SSSR count). The largest absolute Gasteiger partial charge is 0.449 e. The highest BCUT2D eigenvalue weighted by Gasteiger charge is 2.02. The van der Waals surface area contributed by atoms with Crippen molar-refractivity contribution in [3.8, 4) is 0 Å². The molecule has 0 saturated heterocycles. The maximum Gasteiger partial charge on any atom is 0.191 e. The molecule has 0 unspecified atom stereocenters. The first-order valence-corrected chi connectivity index (χ1v) is 14.5. The Morgan fingerprint density at radius 1 is 0.725 bits per heavy atom. The number of oxazole rings is 1. The SMILES string of the molecule is C.C.C.C/C(=C\c1coc(C)n1)C(C)C.C/C(=C\c1csc(C)n1)C(C)C.C/C(=C\c1csc(CO)n1)C(C)C. The molecule has 228 valence electrons. The molecule has 5 nitrogen and oxygen atoms in total. The summed E-state index contributed by atoms with van der Waals surface area (Å²) < 4.78 is 5.09. The van der Waals surface area contributed by atoms with Crippen molar-refractivity contribution in [1.82, 2.24) is 15.0 Å². The van der Waals surface area contributed by atoms with E-state index in [4.69, 9.17) is 9.52 Å². The summed E-state index contributed by atoms with van der Waals surface area (Å²) in [4.78, 5) is 12.8. The second-order valence-corrected chi connectivity index (χ2v) is 12.0. The predicted octanol–water partition coefficient (Wildman–Crippen LogP) is 11.2. The van der Waals surface area contributed by atoms with Gasteiger partial charge in [0.2, 0.25) is 0 Å². The highest BCUT2D eigenvalue weighted by Crippen LogP contribution is 2.17. The summed E-state index contributed by atoms with van der Waals surface area (Å²) in [5.74, 6) is 2.46. The fraction of sp³-hybridized carbons (Fsp3) is 0.545. The summed E-state index contributed by atoms with van der Waals surface area (Å²) in [6.45, 7) is 23.3. The van der Waals surface area contributed by atoms with Crippen molar-refractivity contribution >= 4 is 40.9 Å². The van der Waals surface area contributed by atoms with E-state index >= 15 is 0 Å². The normalized spacial score (nSPS) is 11.6. The van der Waals surface area contributed by atoms with Crippen LogP contribution in [0.5, 0.6) is 0 Å². The lowest BCUT2D eigenvalue weighted by molar-refractivity contribution is 0.281. The quantitative estimate of drug-likeness (QED) is 0.296. The third-order valence-corrected chi connectivity index (χ3v) is 7.48. The minimum atomic E-state index is 0. The number of hydrogen-bond donors (Lipinski definition) is 1. The van der Waals surface area contributed by atoms with Crippen LogP contribution < -0.4 is 0 Å². The summed E-state index contributed by atoms with van der Waals surface area (Å²) in [5.41, 5.74) is 7.00. The Labute approximate surface area is 254 Å². The molecule has 3 heterocycles. The number of aryl methyl sites for hydroxylation is 2. The molecule has 0 fully saturated rings. The van der Waals surface area contributed by atoms with Crippen LogP contribution in [-0.4, -0.2) is 20.1 Å². The zero-order valence-electron chi connectivity index (χ0n) is 24.4. The molecule has 7 heteroatoms. The summed E-state index contributed by atoms with van der Waals surface area (Å²) >= 11 is 3.20. The molecule has 1 N–H and O–H groups in total. The second kappa shape index (κ2) is 21.4. The molecule has 0 radical (unpaired) electrons. The summed E-state index contributed by atoms with van der Waals surface area (Å²) in [7, 11) is 0. The number of aliphatic hydroxyl groups excluding tert-OH is 1. The number of hydrogen-bond acceptors (Lipinski definition) is 7. The van der Waals surface area contributed by atoms with Crippen LogP contribution in [0.4, 0.5) is 0 Å². The smallest absolute Gasteiger partial charge is 0.191 e. The number of aromatic nitrogens is 3. The first kappa shape index (κ1) is 42.1. The number of aliphatic hydroxyl groups is 1. The lowest BCUT2D eigenvalue weighted by atomic mass is 10.0. The van der Waals surface area contributed by atoms with Gasteiger partial charge < -0.3 is 9.52 Å². The summed E-state index contributed by atoms with van der Waals surface area (Å²) in [5, 5.41) is 14.8. The molecule has 0 amide bonds. The third kappa shape index (κ3) is 16.7. The third-order valence-electron chi connectivity index (χ3n) is 5.84. The molecule has 40 heavy (non-hydrogen) atoms. The van der Waals surface area contributed by atoms with E-state index in [1.165, 1.54) is 28.1 Å². The van der Waals surface area contributed by atoms with E-state index in [1.807, 2.05) is 19.2 Å². The molecule has 0 bridgehead atoms. The van der Waals surface area contributed by atoms with Crippen molar-refractivity contribution < 1.29 is 9.52 Å². The van der Waals surface area contributed by atoms with Crippen LogP contribution in [0.25, 0.3) is 18.2 Å². The van der Waals surface area contributed by atoms with E-state index in [0.29, 0.717) is 17.8 Å². The summed E-state index contributed by atoms with van der Waals surface area (Å²) in [6.07, 6.45) is 7.97. The maximum absolute atomic E-state index is 8.82. The van der Waals surface area contributed by atoms with Gasteiger partial charge in [-0.2, -0.15) is 0 Å². The van der Waals surface area contributed by atoms with Crippen molar-refractivity contribution in [3.63, 3.8) is 0 Å². The molecule has 0 spiro atoms. The monoisotopic (exact) mass is 591 g/mol. The molecule has 0 aliphatic rings. The minimum Gasteiger partial charge on any atom is -0.449 e. The van der Waals surface area contributed by atoms with Crippen LogP contribution in [-0.2, 0) is 6.61 Å². The van der Waals surface area contributed by atoms with Crippen LogP contribution in [0.2, 0.25) is 0 Å². The summed E-state index contributed by atoms with van der Waals surface area (Å²) in [6, 6.07) is 0. The Balaban J connectivity index is -0.000000495. The standard InChI is InChI=1S/C10H15NOS.C10H15NO.C10H15NS.3CH4/c1-7(2)8(3)4-9-6-13-10(5-12)11-9;2*1-7(2)8(3)5-10-6-12-9(4)11-10;;;/h4,6-7,12H,5H2,1-3H3;2*5-7H,1-4H3;3*1H4/b8-4+;2*8-5+;;;. The zero-order valence-corrected chi connectivity index (χ0v) is 26.0. The average molecular weight is 592 g/mol. The molecule has 0 aromatic carbocycles. The van der Waals surface area contributed by atoms with Crippen molar-refractivity contribution in [2.24, 2.45) is 17.8 Å². The molecule has 0 aliphatic heterocycles. The molecule has 0 saturated carbocycles. The van der Waals surface area contributed by atoms with Gasteiger partial charge >= 0.3 is 0 Å². The van der Waals surface area contributed by atoms with Gasteiger partial charge in [-0.3, -0.25) is 0 Å². The predicted molar refractivity (Wildman–Crippen MR) is 182 cm³/mol. The van der Waals surface area contributed by atoms with Crippen LogP contribution in [0.1, 0.15) is 118 Å². The molecule has 3 aromatic rings. The second-order valence-electron chi connectivity index (χ2n) is 10.0. The van der Waals surface area contributed by atoms with Crippen molar-refractivity contribution in [1.29, 1.82) is 0 Å². The van der Waals surface area contributed by atoms with E-state index in [-0.39, 0.29) is 28.9 Å². The minimum absolute atomic E-state index is 0. The van der Waals surface area contributed by atoms with Gasteiger partial charge in [-0.15, -0.1) is 22.7 Å². The molecule has 0 atom stereocenters. The average Bonchev–Trinajstić information content (AvgIpc) is 3.56. The maximum atomic E-state index is 8.82. The number of allylic oxidation sites excluding steroid dienone is 3. The Hall–Kier alpha value is -2.35. The lowest BCUT2D eigenvalue weighted by Crippen LogP contribution is -1.88. The fourth-order valence-electron chi connectivity index (χ4n) is 2.56. The first-order chi connectivity index (χ1) is 17.3. The van der Waals surface area contributed by atoms with E-state index < -0.39 is 0 Å². The van der Waals surface area contributed by atoms with Gasteiger partial charge in [0.1, 0.15) is 17.0 Å².